The fourth-order valence-corrected chi connectivity index (χ4v) is 3.49. The van der Waals surface area contributed by atoms with Crippen molar-refractivity contribution in [3.63, 3.8) is 0 Å². The summed E-state index contributed by atoms with van der Waals surface area (Å²) in [6.07, 6.45) is 0.808. The smallest absolute Gasteiger partial charge is 0.197 e. The van der Waals surface area contributed by atoms with Crippen molar-refractivity contribution < 1.29 is 8.42 Å². The van der Waals surface area contributed by atoms with Gasteiger partial charge in [-0.05, 0) is 48.0 Å². The summed E-state index contributed by atoms with van der Waals surface area (Å²) in [5, 5.41) is 0. The zero-order valence-electron chi connectivity index (χ0n) is 11.6. The largest absolute Gasteiger partial charge is 0.280 e. The average Bonchev–Trinajstić information content (AvgIpc) is 1.92. The summed E-state index contributed by atoms with van der Waals surface area (Å²) in [6.45, 7) is 13.8. The molecule has 98 valence electrons. The molecule has 0 bridgehead atoms. The summed E-state index contributed by atoms with van der Waals surface area (Å²) >= 11 is 0. The highest BCUT2D eigenvalue weighted by Gasteiger charge is 2.34. The van der Waals surface area contributed by atoms with Gasteiger partial charge in [0.25, 0.3) is 10.2 Å². The Kier molecular flexibility index (Phi) is 4.98. The zero-order chi connectivity index (χ0) is 13.2. The fourth-order valence-electron chi connectivity index (χ4n) is 1.46. The molecule has 0 rings (SSSR count). The van der Waals surface area contributed by atoms with Gasteiger partial charge < -0.3 is 0 Å². The molecule has 0 aliphatic carbocycles. The second kappa shape index (κ2) is 5.02. The molecule has 5 heteroatoms. The van der Waals surface area contributed by atoms with Gasteiger partial charge in [-0.1, -0.05) is 6.92 Å². The van der Waals surface area contributed by atoms with Crippen molar-refractivity contribution in [2.24, 2.45) is 0 Å². The van der Waals surface area contributed by atoms with Crippen molar-refractivity contribution in [2.75, 3.05) is 6.54 Å². The summed E-state index contributed by atoms with van der Waals surface area (Å²) in [5.41, 5.74) is -0.844. The van der Waals surface area contributed by atoms with E-state index in [1.54, 1.807) is 0 Å². The Morgan fingerprint density at radius 2 is 1.50 bits per heavy atom. The van der Waals surface area contributed by atoms with Gasteiger partial charge in [0.15, 0.2) is 0 Å². The Hall–Kier alpha value is -0.130. The van der Waals surface area contributed by atoms with Gasteiger partial charge in [-0.15, -0.1) is 0 Å². The van der Waals surface area contributed by atoms with E-state index in [2.05, 4.69) is 4.72 Å². The van der Waals surface area contributed by atoms with Crippen molar-refractivity contribution >= 4 is 10.2 Å². The van der Waals surface area contributed by atoms with Crippen LogP contribution in [0.4, 0.5) is 0 Å². The maximum atomic E-state index is 12.2. The van der Waals surface area contributed by atoms with E-state index in [9.17, 15) is 8.42 Å². The van der Waals surface area contributed by atoms with Crippen LogP contribution in [-0.4, -0.2) is 30.3 Å². The Balaban J connectivity index is 5.07. The average molecular weight is 250 g/mol. The van der Waals surface area contributed by atoms with Gasteiger partial charge in [0.2, 0.25) is 0 Å². The molecular formula is C11H26N2O2S. The summed E-state index contributed by atoms with van der Waals surface area (Å²) in [5.74, 6) is 0. The van der Waals surface area contributed by atoms with E-state index in [4.69, 9.17) is 0 Å². The van der Waals surface area contributed by atoms with E-state index >= 15 is 0 Å². The van der Waals surface area contributed by atoms with Crippen LogP contribution in [0.25, 0.3) is 0 Å². The molecule has 0 aromatic rings. The topological polar surface area (TPSA) is 49.4 Å². The normalized spacial score (nSPS) is 14.5. The van der Waals surface area contributed by atoms with E-state index in [1.807, 2.05) is 48.5 Å². The monoisotopic (exact) mass is 250 g/mol. The van der Waals surface area contributed by atoms with Crippen LogP contribution >= 0.6 is 0 Å². The van der Waals surface area contributed by atoms with Gasteiger partial charge in [0.1, 0.15) is 0 Å². The third kappa shape index (κ3) is 5.27. The number of hydrogen-bond acceptors (Lipinski definition) is 2. The molecule has 0 saturated carbocycles. The number of nitrogens with zero attached hydrogens (tertiary/aromatic N) is 1. The van der Waals surface area contributed by atoms with Crippen molar-refractivity contribution in [3.8, 4) is 0 Å². The third-order valence-corrected chi connectivity index (χ3v) is 4.08. The van der Waals surface area contributed by atoms with Crippen LogP contribution in [0.3, 0.4) is 0 Å². The van der Waals surface area contributed by atoms with Crippen molar-refractivity contribution in [1.82, 2.24) is 9.03 Å². The molecule has 0 amide bonds. The van der Waals surface area contributed by atoms with E-state index < -0.39 is 21.3 Å². The van der Waals surface area contributed by atoms with Crippen LogP contribution < -0.4 is 4.72 Å². The van der Waals surface area contributed by atoms with Crippen molar-refractivity contribution in [2.45, 2.75) is 66.0 Å². The molecule has 0 unspecified atom stereocenters. The van der Waals surface area contributed by atoms with Crippen molar-refractivity contribution in [3.05, 3.63) is 0 Å². The Morgan fingerprint density at radius 3 is 1.75 bits per heavy atom. The SMILES string of the molecule is CCCN(C(C)(C)C)S(=O)(=O)NC(C)(C)C. The molecule has 0 radical (unpaired) electrons. The van der Waals surface area contributed by atoms with Gasteiger partial charge in [-0.3, -0.25) is 0 Å². The Morgan fingerprint density at radius 1 is 1.06 bits per heavy atom. The van der Waals surface area contributed by atoms with E-state index in [-0.39, 0.29) is 0 Å². The molecule has 0 saturated heterocycles. The molecule has 1 N–H and O–H groups in total. The number of hydrogen-bond donors (Lipinski definition) is 1. The van der Waals surface area contributed by atoms with Crippen LogP contribution in [0.1, 0.15) is 54.9 Å². The first-order valence-electron chi connectivity index (χ1n) is 5.72. The maximum Gasteiger partial charge on any atom is 0.280 e. The van der Waals surface area contributed by atoms with Crippen LogP contribution in [-0.2, 0) is 10.2 Å². The summed E-state index contributed by atoms with van der Waals surface area (Å²) < 4.78 is 28.6. The molecule has 0 aromatic heterocycles. The third-order valence-electron chi connectivity index (χ3n) is 1.90. The lowest BCUT2D eigenvalue weighted by molar-refractivity contribution is 0.242. The minimum Gasteiger partial charge on any atom is -0.197 e. The molecule has 0 atom stereocenters. The quantitative estimate of drug-likeness (QED) is 0.831. The molecule has 0 spiro atoms. The lowest BCUT2D eigenvalue weighted by Gasteiger charge is -2.36. The first kappa shape index (κ1) is 15.9. The molecule has 0 aliphatic heterocycles. The molecule has 0 heterocycles. The van der Waals surface area contributed by atoms with Gasteiger partial charge in [0, 0.05) is 17.6 Å². The Labute approximate surface area is 101 Å². The highest BCUT2D eigenvalue weighted by molar-refractivity contribution is 7.87. The maximum absolute atomic E-state index is 12.2. The lowest BCUT2D eigenvalue weighted by atomic mass is 10.1. The first-order chi connectivity index (χ1) is 6.90. The summed E-state index contributed by atoms with van der Waals surface area (Å²) in [4.78, 5) is 0. The fraction of sp³-hybridized carbons (Fsp3) is 1.00. The van der Waals surface area contributed by atoms with Crippen molar-refractivity contribution in [1.29, 1.82) is 0 Å². The molecule has 16 heavy (non-hydrogen) atoms. The van der Waals surface area contributed by atoms with Gasteiger partial charge in [0.05, 0.1) is 0 Å². The van der Waals surface area contributed by atoms with E-state index in [0.29, 0.717) is 6.54 Å². The van der Waals surface area contributed by atoms with Crippen LogP contribution in [0.5, 0.6) is 0 Å². The summed E-state index contributed by atoms with van der Waals surface area (Å²) in [6, 6.07) is 0. The second-order valence-electron chi connectivity index (χ2n) is 6.10. The first-order valence-corrected chi connectivity index (χ1v) is 7.16. The molecule has 0 fully saturated rings. The van der Waals surface area contributed by atoms with Gasteiger partial charge in [-0.25, -0.2) is 0 Å². The minimum absolute atomic E-state index is 0.396. The number of rotatable bonds is 4. The van der Waals surface area contributed by atoms with Gasteiger partial charge in [-0.2, -0.15) is 17.4 Å². The summed E-state index contributed by atoms with van der Waals surface area (Å²) in [7, 11) is -3.42. The van der Waals surface area contributed by atoms with Crippen LogP contribution in [0.15, 0.2) is 0 Å². The molecule has 0 aliphatic rings. The molecular weight excluding hydrogens is 224 g/mol. The van der Waals surface area contributed by atoms with E-state index in [0.717, 1.165) is 6.42 Å². The lowest BCUT2D eigenvalue weighted by Crippen LogP contribution is -2.55. The molecule has 0 aromatic carbocycles. The van der Waals surface area contributed by atoms with Crippen LogP contribution in [0, 0.1) is 0 Å². The van der Waals surface area contributed by atoms with Crippen LogP contribution in [0.2, 0.25) is 0 Å². The minimum atomic E-state index is -3.42. The number of nitrogens with one attached hydrogen (secondary N) is 1. The highest BCUT2D eigenvalue weighted by atomic mass is 32.2. The zero-order valence-corrected chi connectivity index (χ0v) is 12.4. The van der Waals surface area contributed by atoms with Gasteiger partial charge >= 0.3 is 0 Å². The second-order valence-corrected chi connectivity index (χ2v) is 7.70. The highest BCUT2D eigenvalue weighted by Crippen LogP contribution is 2.19. The van der Waals surface area contributed by atoms with E-state index in [1.165, 1.54) is 4.31 Å². The standard InChI is InChI=1S/C11H26N2O2S/c1-8-9-13(11(5,6)7)16(14,15)12-10(2,3)4/h12H,8-9H2,1-7H3. The predicted octanol–water partition coefficient (Wildman–Crippen LogP) is 2.13. The predicted molar refractivity (Wildman–Crippen MR) is 68.6 cm³/mol. The molecule has 4 nitrogen and oxygen atoms in total. The Bertz CT molecular complexity index is 310.